The van der Waals surface area contributed by atoms with Crippen molar-refractivity contribution < 1.29 is 0 Å². The number of hydrogen-bond acceptors (Lipinski definition) is 2. The molecular weight excluding hydrogens is 256 g/mol. The molecular formula is C19H32N2. The normalized spacial score (nSPS) is 23.0. The molecule has 1 aromatic carbocycles. The van der Waals surface area contributed by atoms with Gasteiger partial charge in [0.15, 0.2) is 0 Å². The van der Waals surface area contributed by atoms with E-state index in [4.69, 9.17) is 0 Å². The van der Waals surface area contributed by atoms with E-state index in [-0.39, 0.29) is 0 Å². The monoisotopic (exact) mass is 288 g/mol. The molecule has 1 heterocycles. The van der Waals surface area contributed by atoms with Crippen LogP contribution in [0.3, 0.4) is 0 Å². The number of aryl methyl sites for hydroxylation is 2. The molecule has 3 atom stereocenters. The Hall–Kier alpha value is -0.860. The summed E-state index contributed by atoms with van der Waals surface area (Å²) in [5.41, 5.74) is 4.20. The molecule has 3 unspecified atom stereocenters. The van der Waals surface area contributed by atoms with Crippen molar-refractivity contribution in [1.82, 2.24) is 10.2 Å². The Labute approximate surface area is 130 Å². The third-order valence-corrected chi connectivity index (χ3v) is 5.11. The van der Waals surface area contributed by atoms with Gasteiger partial charge in [0.25, 0.3) is 0 Å². The van der Waals surface area contributed by atoms with E-state index in [1.807, 2.05) is 0 Å². The Balaban J connectivity index is 1.98. The van der Waals surface area contributed by atoms with Crippen LogP contribution in [0.1, 0.15) is 56.3 Å². The van der Waals surface area contributed by atoms with Crippen LogP contribution in [0.25, 0.3) is 0 Å². The summed E-state index contributed by atoms with van der Waals surface area (Å²) in [7, 11) is 0. The first-order chi connectivity index (χ1) is 10.0. The van der Waals surface area contributed by atoms with Crippen molar-refractivity contribution in [1.29, 1.82) is 0 Å². The molecule has 0 bridgehead atoms. The van der Waals surface area contributed by atoms with Gasteiger partial charge in [-0.2, -0.15) is 0 Å². The van der Waals surface area contributed by atoms with Crippen LogP contribution < -0.4 is 5.32 Å². The third kappa shape index (κ3) is 4.31. The smallest absolute Gasteiger partial charge is 0.0297 e. The molecule has 2 rings (SSSR count). The predicted octanol–water partition coefficient (Wildman–Crippen LogP) is 4.07. The highest BCUT2D eigenvalue weighted by Gasteiger charge is 2.25. The Kier molecular flexibility index (Phi) is 5.83. The van der Waals surface area contributed by atoms with Crippen LogP contribution in [0.15, 0.2) is 18.2 Å². The van der Waals surface area contributed by atoms with Crippen molar-refractivity contribution in [2.24, 2.45) is 5.92 Å². The largest absolute Gasteiger partial charge is 0.307 e. The zero-order chi connectivity index (χ0) is 15.4. The molecule has 2 heteroatoms. The topological polar surface area (TPSA) is 15.3 Å². The quantitative estimate of drug-likeness (QED) is 0.878. The van der Waals surface area contributed by atoms with Gasteiger partial charge >= 0.3 is 0 Å². The summed E-state index contributed by atoms with van der Waals surface area (Å²) in [6.45, 7) is 15.1. The summed E-state index contributed by atoms with van der Waals surface area (Å²) < 4.78 is 0. The number of nitrogens with one attached hydrogen (secondary N) is 1. The maximum absolute atomic E-state index is 3.85. The lowest BCUT2D eigenvalue weighted by Crippen LogP contribution is -2.45. The number of nitrogens with zero attached hydrogens (tertiary/aromatic N) is 1. The lowest BCUT2D eigenvalue weighted by atomic mass is 9.90. The van der Waals surface area contributed by atoms with Gasteiger partial charge in [-0.15, -0.1) is 0 Å². The molecule has 1 saturated heterocycles. The molecule has 1 aliphatic rings. The minimum Gasteiger partial charge on any atom is -0.307 e. The van der Waals surface area contributed by atoms with Gasteiger partial charge in [-0.1, -0.05) is 30.7 Å². The lowest BCUT2D eigenvalue weighted by molar-refractivity contribution is 0.153. The summed E-state index contributed by atoms with van der Waals surface area (Å²) in [4.78, 5) is 2.59. The average molecular weight is 288 g/mol. The van der Waals surface area contributed by atoms with Crippen LogP contribution in [0.2, 0.25) is 0 Å². The summed E-state index contributed by atoms with van der Waals surface area (Å²) in [6, 6.07) is 7.78. The van der Waals surface area contributed by atoms with Gasteiger partial charge in [0.2, 0.25) is 0 Å². The van der Waals surface area contributed by atoms with Crippen LogP contribution in [-0.4, -0.2) is 30.6 Å². The fraction of sp³-hybridized carbons (Fsp3) is 0.684. The molecule has 21 heavy (non-hydrogen) atoms. The molecule has 0 aromatic heterocycles. The standard InChI is InChI=1S/C19H32N2/c1-6-21-11-7-8-18(13-21)16(4)20-17(5)19-12-14(2)9-10-15(19)3/h9-10,12,16-18,20H,6-8,11,13H2,1-5H3. The van der Waals surface area contributed by atoms with Crippen molar-refractivity contribution in [3.8, 4) is 0 Å². The van der Waals surface area contributed by atoms with E-state index in [0.717, 1.165) is 5.92 Å². The summed E-state index contributed by atoms with van der Waals surface area (Å²) in [6.07, 6.45) is 2.71. The number of likely N-dealkylation sites (tertiary alicyclic amines) is 1. The van der Waals surface area contributed by atoms with Crippen LogP contribution in [0, 0.1) is 19.8 Å². The summed E-state index contributed by atoms with van der Waals surface area (Å²) in [5.74, 6) is 0.784. The first-order valence-electron chi connectivity index (χ1n) is 8.56. The van der Waals surface area contributed by atoms with E-state index in [2.05, 4.69) is 63.0 Å². The zero-order valence-corrected chi connectivity index (χ0v) is 14.4. The molecule has 0 radical (unpaired) electrons. The lowest BCUT2D eigenvalue weighted by Gasteiger charge is -2.36. The van der Waals surface area contributed by atoms with E-state index >= 15 is 0 Å². The van der Waals surface area contributed by atoms with E-state index in [1.165, 1.54) is 49.2 Å². The molecule has 0 saturated carbocycles. The summed E-state index contributed by atoms with van der Waals surface area (Å²) in [5, 5.41) is 3.85. The number of hydrogen-bond donors (Lipinski definition) is 1. The molecule has 2 nitrogen and oxygen atoms in total. The molecule has 0 aliphatic carbocycles. The second-order valence-corrected chi connectivity index (χ2v) is 6.83. The van der Waals surface area contributed by atoms with Gasteiger partial charge in [0.05, 0.1) is 0 Å². The van der Waals surface area contributed by atoms with Crippen LogP contribution in [-0.2, 0) is 0 Å². The van der Waals surface area contributed by atoms with Crippen molar-refractivity contribution in [2.45, 2.75) is 59.5 Å². The number of piperidine rings is 1. The van der Waals surface area contributed by atoms with Gasteiger partial charge in [0.1, 0.15) is 0 Å². The Morgan fingerprint density at radius 3 is 2.76 bits per heavy atom. The van der Waals surface area contributed by atoms with Crippen molar-refractivity contribution in [3.05, 3.63) is 34.9 Å². The first-order valence-corrected chi connectivity index (χ1v) is 8.56. The van der Waals surface area contributed by atoms with Gasteiger partial charge in [0, 0.05) is 18.6 Å². The molecule has 1 fully saturated rings. The first kappa shape index (κ1) is 16.5. The van der Waals surface area contributed by atoms with Crippen molar-refractivity contribution >= 4 is 0 Å². The Bertz CT molecular complexity index is 455. The second-order valence-electron chi connectivity index (χ2n) is 6.83. The molecule has 1 aromatic rings. The van der Waals surface area contributed by atoms with Crippen LogP contribution >= 0.6 is 0 Å². The third-order valence-electron chi connectivity index (χ3n) is 5.11. The zero-order valence-electron chi connectivity index (χ0n) is 14.4. The minimum absolute atomic E-state index is 0.428. The summed E-state index contributed by atoms with van der Waals surface area (Å²) >= 11 is 0. The van der Waals surface area contributed by atoms with Crippen molar-refractivity contribution in [3.63, 3.8) is 0 Å². The fourth-order valence-corrected chi connectivity index (χ4v) is 3.63. The maximum atomic E-state index is 3.85. The molecule has 1 aliphatic heterocycles. The highest BCUT2D eigenvalue weighted by Crippen LogP contribution is 2.24. The average Bonchev–Trinajstić information content (AvgIpc) is 2.49. The van der Waals surface area contributed by atoms with Crippen molar-refractivity contribution in [2.75, 3.05) is 19.6 Å². The number of rotatable bonds is 5. The van der Waals surface area contributed by atoms with Gasteiger partial charge < -0.3 is 10.2 Å². The minimum atomic E-state index is 0.428. The molecule has 0 amide bonds. The Morgan fingerprint density at radius 1 is 1.29 bits per heavy atom. The highest BCUT2D eigenvalue weighted by atomic mass is 15.1. The molecule has 0 spiro atoms. The van der Waals surface area contributed by atoms with E-state index in [9.17, 15) is 0 Å². The van der Waals surface area contributed by atoms with E-state index in [1.54, 1.807) is 0 Å². The van der Waals surface area contributed by atoms with Gasteiger partial charge in [-0.3, -0.25) is 0 Å². The Morgan fingerprint density at radius 2 is 2.05 bits per heavy atom. The van der Waals surface area contributed by atoms with Gasteiger partial charge in [-0.25, -0.2) is 0 Å². The van der Waals surface area contributed by atoms with Crippen LogP contribution in [0.4, 0.5) is 0 Å². The fourth-order valence-electron chi connectivity index (χ4n) is 3.63. The predicted molar refractivity (Wildman–Crippen MR) is 91.8 cm³/mol. The SMILES string of the molecule is CCN1CCCC(C(C)NC(C)c2cc(C)ccc2C)C1. The van der Waals surface area contributed by atoms with E-state index < -0.39 is 0 Å². The second kappa shape index (κ2) is 7.42. The molecule has 1 N–H and O–H groups in total. The number of benzene rings is 1. The van der Waals surface area contributed by atoms with Crippen LogP contribution in [0.5, 0.6) is 0 Å². The molecule has 118 valence electrons. The highest BCUT2D eigenvalue weighted by molar-refractivity contribution is 5.32. The maximum Gasteiger partial charge on any atom is 0.0297 e. The van der Waals surface area contributed by atoms with E-state index in [0.29, 0.717) is 12.1 Å². The van der Waals surface area contributed by atoms with Gasteiger partial charge in [-0.05, 0) is 70.7 Å².